The lowest BCUT2D eigenvalue weighted by atomic mass is 10.1. The molecular formula is C13H19N3O2. The van der Waals surface area contributed by atoms with Crippen LogP contribution in [-0.2, 0) is 6.54 Å². The number of carboxylic acid groups (broad SMARTS) is 1. The number of benzene rings is 1. The van der Waals surface area contributed by atoms with Crippen LogP contribution in [0.15, 0.2) is 24.3 Å². The monoisotopic (exact) mass is 249 g/mol. The first kappa shape index (κ1) is 13.0. The largest absolute Gasteiger partial charge is 0.478 e. The van der Waals surface area contributed by atoms with Crippen LogP contribution in [0.2, 0.25) is 0 Å². The van der Waals surface area contributed by atoms with E-state index < -0.39 is 5.97 Å². The predicted molar refractivity (Wildman–Crippen MR) is 69.3 cm³/mol. The fourth-order valence-electron chi connectivity index (χ4n) is 1.98. The molecule has 1 aromatic carbocycles. The molecule has 0 aromatic heterocycles. The summed E-state index contributed by atoms with van der Waals surface area (Å²) in [6.45, 7) is 4.78. The van der Waals surface area contributed by atoms with E-state index in [0.29, 0.717) is 12.1 Å². The first-order chi connectivity index (χ1) is 8.65. The molecule has 0 radical (unpaired) electrons. The number of likely N-dealkylation sites (N-methyl/N-ethyl adjacent to an activating group) is 1. The van der Waals surface area contributed by atoms with E-state index in [9.17, 15) is 4.79 Å². The van der Waals surface area contributed by atoms with E-state index >= 15 is 0 Å². The second-order valence-electron chi connectivity index (χ2n) is 4.63. The third-order valence-corrected chi connectivity index (χ3v) is 3.18. The van der Waals surface area contributed by atoms with Gasteiger partial charge < -0.3 is 10.0 Å². The number of nitrogens with zero attached hydrogens (tertiary/aromatic N) is 2. The number of piperazine rings is 1. The first-order valence-corrected chi connectivity index (χ1v) is 6.14. The van der Waals surface area contributed by atoms with Crippen LogP contribution in [0.4, 0.5) is 0 Å². The third-order valence-electron chi connectivity index (χ3n) is 3.18. The van der Waals surface area contributed by atoms with E-state index in [1.807, 2.05) is 6.07 Å². The zero-order valence-corrected chi connectivity index (χ0v) is 10.6. The Kier molecular flexibility index (Phi) is 4.30. The van der Waals surface area contributed by atoms with Crippen molar-refractivity contribution in [2.75, 3.05) is 33.2 Å². The summed E-state index contributed by atoms with van der Waals surface area (Å²) in [6.07, 6.45) is 0. The number of hydrazine groups is 1. The van der Waals surface area contributed by atoms with Gasteiger partial charge in [0.1, 0.15) is 0 Å². The van der Waals surface area contributed by atoms with Gasteiger partial charge in [-0.05, 0) is 24.7 Å². The van der Waals surface area contributed by atoms with Crippen molar-refractivity contribution in [3.05, 3.63) is 35.4 Å². The van der Waals surface area contributed by atoms with Crippen LogP contribution in [0, 0.1) is 0 Å². The highest BCUT2D eigenvalue weighted by molar-refractivity contribution is 5.87. The lowest BCUT2D eigenvalue weighted by Crippen LogP contribution is -2.50. The summed E-state index contributed by atoms with van der Waals surface area (Å²) in [7, 11) is 2.12. The highest BCUT2D eigenvalue weighted by atomic mass is 16.4. The van der Waals surface area contributed by atoms with Crippen molar-refractivity contribution in [2.24, 2.45) is 0 Å². The Morgan fingerprint density at radius 2 is 2.06 bits per heavy atom. The SMILES string of the molecule is CN1CCN(NCc2cccc(C(=O)O)c2)CC1. The molecule has 0 bridgehead atoms. The summed E-state index contributed by atoms with van der Waals surface area (Å²) < 4.78 is 0. The van der Waals surface area contributed by atoms with E-state index in [1.165, 1.54) is 0 Å². The zero-order valence-electron chi connectivity index (χ0n) is 10.6. The number of carbonyl (C=O) groups is 1. The molecular weight excluding hydrogens is 230 g/mol. The molecule has 2 rings (SSSR count). The van der Waals surface area contributed by atoms with Crippen LogP contribution in [0.5, 0.6) is 0 Å². The van der Waals surface area contributed by atoms with Crippen LogP contribution >= 0.6 is 0 Å². The van der Waals surface area contributed by atoms with Gasteiger partial charge >= 0.3 is 5.97 Å². The minimum atomic E-state index is -0.878. The average molecular weight is 249 g/mol. The van der Waals surface area contributed by atoms with Gasteiger partial charge in [0.2, 0.25) is 0 Å². The maximum atomic E-state index is 10.9. The van der Waals surface area contributed by atoms with Gasteiger partial charge in [-0.1, -0.05) is 12.1 Å². The van der Waals surface area contributed by atoms with Gasteiger partial charge in [0.05, 0.1) is 5.56 Å². The number of carboxylic acids is 1. The van der Waals surface area contributed by atoms with Crippen molar-refractivity contribution >= 4 is 5.97 Å². The van der Waals surface area contributed by atoms with Crippen molar-refractivity contribution in [2.45, 2.75) is 6.54 Å². The van der Waals surface area contributed by atoms with Gasteiger partial charge in [-0.15, -0.1) is 0 Å². The minimum absolute atomic E-state index is 0.340. The Hall–Kier alpha value is -1.43. The van der Waals surface area contributed by atoms with Gasteiger partial charge in [0, 0.05) is 32.7 Å². The second kappa shape index (κ2) is 5.95. The summed E-state index contributed by atoms with van der Waals surface area (Å²) >= 11 is 0. The van der Waals surface area contributed by atoms with Crippen molar-refractivity contribution in [3.8, 4) is 0 Å². The van der Waals surface area contributed by atoms with Crippen LogP contribution < -0.4 is 5.43 Å². The molecule has 0 spiro atoms. The molecule has 1 aliphatic rings. The Labute approximate surface area is 107 Å². The maximum Gasteiger partial charge on any atom is 0.335 e. The molecule has 0 aliphatic carbocycles. The number of aromatic carboxylic acids is 1. The van der Waals surface area contributed by atoms with E-state index in [-0.39, 0.29) is 0 Å². The molecule has 1 heterocycles. The summed E-state index contributed by atoms with van der Waals surface area (Å²) in [5.41, 5.74) is 4.67. The molecule has 0 amide bonds. The van der Waals surface area contributed by atoms with Crippen molar-refractivity contribution in [3.63, 3.8) is 0 Å². The first-order valence-electron chi connectivity index (χ1n) is 6.14. The topological polar surface area (TPSA) is 55.8 Å². The number of rotatable bonds is 4. The molecule has 1 fully saturated rings. The molecule has 5 nitrogen and oxygen atoms in total. The molecule has 0 saturated carbocycles. The van der Waals surface area contributed by atoms with Crippen LogP contribution in [-0.4, -0.2) is 54.2 Å². The number of hydrogen-bond donors (Lipinski definition) is 2. The van der Waals surface area contributed by atoms with E-state index in [2.05, 4.69) is 22.4 Å². The molecule has 0 unspecified atom stereocenters. The molecule has 1 aliphatic heterocycles. The van der Waals surface area contributed by atoms with Crippen LogP contribution in [0.1, 0.15) is 15.9 Å². The summed E-state index contributed by atoms with van der Waals surface area (Å²) in [5.74, 6) is -0.878. The second-order valence-corrected chi connectivity index (χ2v) is 4.63. The molecule has 5 heteroatoms. The van der Waals surface area contributed by atoms with Gasteiger partial charge in [0.25, 0.3) is 0 Å². The van der Waals surface area contributed by atoms with E-state index in [4.69, 9.17) is 5.11 Å². The van der Waals surface area contributed by atoms with Crippen LogP contribution in [0.25, 0.3) is 0 Å². The van der Waals surface area contributed by atoms with Gasteiger partial charge in [-0.2, -0.15) is 0 Å². The van der Waals surface area contributed by atoms with Gasteiger partial charge in [0.15, 0.2) is 0 Å². The summed E-state index contributed by atoms with van der Waals surface area (Å²) in [5, 5.41) is 11.1. The van der Waals surface area contributed by atoms with E-state index in [0.717, 1.165) is 31.7 Å². The normalized spacial score (nSPS) is 17.8. The maximum absolute atomic E-state index is 10.9. The average Bonchev–Trinajstić information content (AvgIpc) is 2.38. The molecule has 0 atom stereocenters. The van der Waals surface area contributed by atoms with Gasteiger partial charge in [-0.25, -0.2) is 9.80 Å². The predicted octanol–water partition coefficient (Wildman–Crippen LogP) is 0.637. The number of hydrogen-bond acceptors (Lipinski definition) is 4. The molecule has 98 valence electrons. The summed E-state index contributed by atoms with van der Waals surface area (Å²) in [6, 6.07) is 7.05. The highest BCUT2D eigenvalue weighted by Gasteiger charge is 2.13. The quantitative estimate of drug-likeness (QED) is 0.820. The fourth-order valence-corrected chi connectivity index (χ4v) is 1.98. The standard InChI is InChI=1S/C13H19N3O2/c1-15-5-7-16(8-6-15)14-10-11-3-2-4-12(9-11)13(17)18/h2-4,9,14H,5-8,10H2,1H3,(H,17,18). The Bertz CT molecular complexity index is 414. The molecule has 2 N–H and O–H groups in total. The number of nitrogens with one attached hydrogen (secondary N) is 1. The van der Waals surface area contributed by atoms with Crippen LogP contribution in [0.3, 0.4) is 0 Å². The molecule has 18 heavy (non-hydrogen) atoms. The van der Waals surface area contributed by atoms with Gasteiger partial charge in [-0.3, -0.25) is 5.43 Å². The summed E-state index contributed by atoms with van der Waals surface area (Å²) in [4.78, 5) is 13.2. The highest BCUT2D eigenvalue weighted by Crippen LogP contribution is 2.06. The fraction of sp³-hybridized carbons (Fsp3) is 0.462. The Morgan fingerprint density at radius 1 is 1.33 bits per heavy atom. The lowest BCUT2D eigenvalue weighted by molar-refractivity contribution is 0.0696. The lowest BCUT2D eigenvalue weighted by Gasteiger charge is -2.32. The van der Waals surface area contributed by atoms with Crippen molar-refractivity contribution < 1.29 is 9.90 Å². The Balaban J connectivity index is 1.86. The van der Waals surface area contributed by atoms with E-state index in [1.54, 1.807) is 18.2 Å². The molecule has 1 saturated heterocycles. The zero-order chi connectivity index (χ0) is 13.0. The molecule has 1 aromatic rings. The van der Waals surface area contributed by atoms with Crippen molar-refractivity contribution in [1.29, 1.82) is 0 Å². The third kappa shape index (κ3) is 3.53. The smallest absolute Gasteiger partial charge is 0.335 e. The Morgan fingerprint density at radius 3 is 2.72 bits per heavy atom. The minimum Gasteiger partial charge on any atom is -0.478 e. The van der Waals surface area contributed by atoms with Crippen molar-refractivity contribution in [1.82, 2.24) is 15.3 Å².